The maximum Gasteiger partial charge on any atom is 0.326 e. The highest BCUT2D eigenvalue weighted by Crippen LogP contribution is 2.18. The number of carbonyl (C=O) groups excluding carboxylic acids is 1. The zero-order valence-electron chi connectivity index (χ0n) is 13.6. The lowest BCUT2D eigenvalue weighted by Gasteiger charge is -2.35. The van der Waals surface area contributed by atoms with Crippen molar-refractivity contribution in [2.75, 3.05) is 26.2 Å². The maximum absolute atomic E-state index is 12.2. The summed E-state index contributed by atoms with van der Waals surface area (Å²) in [5.74, 6) is -0.142. The van der Waals surface area contributed by atoms with E-state index in [-0.39, 0.29) is 5.97 Å². The largest absolute Gasteiger partial charge is 0.465 e. The molecule has 0 aliphatic carbocycles. The third kappa shape index (κ3) is 5.91. The zero-order valence-corrected chi connectivity index (χ0v) is 13.6. The first kappa shape index (κ1) is 18.4. The second-order valence-corrected chi connectivity index (χ2v) is 5.26. The molecule has 19 heavy (non-hydrogen) atoms. The molecule has 0 rings (SSSR count). The van der Waals surface area contributed by atoms with Gasteiger partial charge in [0.2, 0.25) is 0 Å². The molecule has 0 saturated heterocycles. The molecule has 0 aliphatic rings. The molecule has 1 N–H and O–H groups in total. The van der Waals surface area contributed by atoms with Gasteiger partial charge in [0.25, 0.3) is 0 Å². The molecule has 0 radical (unpaired) electrons. The van der Waals surface area contributed by atoms with Crippen LogP contribution in [0.4, 0.5) is 0 Å². The number of rotatable bonds is 10. The van der Waals surface area contributed by atoms with Crippen LogP contribution in [0.2, 0.25) is 0 Å². The third-order valence-electron chi connectivity index (χ3n) is 3.54. The van der Waals surface area contributed by atoms with Gasteiger partial charge in [-0.15, -0.1) is 0 Å². The Bertz CT molecular complexity index is 259. The van der Waals surface area contributed by atoms with Crippen LogP contribution in [0.15, 0.2) is 0 Å². The van der Waals surface area contributed by atoms with E-state index in [1.807, 2.05) is 20.8 Å². The molecule has 0 aromatic carbocycles. The van der Waals surface area contributed by atoms with Crippen LogP contribution in [0, 0.1) is 0 Å². The highest BCUT2D eigenvalue weighted by molar-refractivity contribution is 5.80. The summed E-state index contributed by atoms with van der Waals surface area (Å²) >= 11 is 0. The predicted molar refractivity (Wildman–Crippen MR) is 80.3 cm³/mol. The Morgan fingerprint density at radius 3 is 2.37 bits per heavy atom. The van der Waals surface area contributed by atoms with Crippen molar-refractivity contribution in [1.29, 1.82) is 0 Å². The quantitative estimate of drug-likeness (QED) is 0.620. The van der Waals surface area contributed by atoms with Gasteiger partial charge in [-0.2, -0.15) is 0 Å². The summed E-state index contributed by atoms with van der Waals surface area (Å²) in [5, 5.41) is 3.29. The van der Waals surface area contributed by atoms with Crippen LogP contribution >= 0.6 is 0 Å². The van der Waals surface area contributed by atoms with Crippen LogP contribution in [0.1, 0.15) is 54.4 Å². The van der Waals surface area contributed by atoms with Crippen molar-refractivity contribution < 1.29 is 9.53 Å². The first-order valence-corrected chi connectivity index (χ1v) is 7.61. The second kappa shape index (κ2) is 9.32. The van der Waals surface area contributed by atoms with Crippen molar-refractivity contribution in [3.8, 4) is 0 Å². The van der Waals surface area contributed by atoms with Crippen molar-refractivity contribution >= 4 is 5.97 Å². The number of hydrogen-bond donors (Lipinski definition) is 1. The Balaban J connectivity index is 4.75. The van der Waals surface area contributed by atoms with Gasteiger partial charge >= 0.3 is 5.97 Å². The maximum atomic E-state index is 12.2. The minimum Gasteiger partial charge on any atom is -0.465 e. The summed E-state index contributed by atoms with van der Waals surface area (Å²) in [7, 11) is 0. The lowest BCUT2D eigenvalue weighted by Crippen LogP contribution is -2.54. The summed E-state index contributed by atoms with van der Waals surface area (Å²) in [4.78, 5) is 14.6. The molecule has 0 bridgehead atoms. The highest BCUT2D eigenvalue weighted by atomic mass is 16.5. The smallest absolute Gasteiger partial charge is 0.326 e. The molecule has 0 aromatic heterocycles. The molecule has 114 valence electrons. The van der Waals surface area contributed by atoms with E-state index in [0.29, 0.717) is 12.6 Å². The summed E-state index contributed by atoms with van der Waals surface area (Å²) in [6, 6.07) is 0.360. The summed E-state index contributed by atoms with van der Waals surface area (Å²) in [6.07, 6.45) is 1.91. The molecule has 4 nitrogen and oxygen atoms in total. The summed E-state index contributed by atoms with van der Waals surface area (Å²) in [5.41, 5.74) is -0.592. The Labute approximate surface area is 118 Å². The van der Waals surface area contributed by atoms with Crippen molar-refractivity contribution in [1.82, 2.24) is 10.2 Å². The Morgan fingerprint density at radius 2 is 1.95 bits per heavy atom. The van der Waals surface area contributed by atoms with E-state index in [2.05, 4.69) is 31.0 Å². The molecule has 0 aliphatic heterocycles. The zero-order chi connectivity index (χ0) is 14.9. The normalized spacial score (nSPS) is 16.2. The van der Waals surface area contributed by atoms with E-state index in [1.54, 1.807) is 0 Å². The Kier molecular flexibility index (Phi) is 9.02. The number of carbonyl (C=O) groups is 1. The van der Waals surface area contributed by atoms with Crippen LogP contribution in [0.5, 0.6) is 0 Å². The van der Waals surface area contributed by atoms with Gasteiger partial charge in [0.15, 0.2) is 0 Å². The van der Waals surface area contributed by atoms with Crippen molar-refractivity contribution in [2.24, 2.45) is 0 Å². The fourth-order valence-corrected chi connectivity index (χ4v) is 2.61. The van der Waals surface area contributed by atoms with Gasteiger partial charge in [0.05, 0.1) is 6.61 Å². The molecule has 0 aromatic rings. The van der Waals surface area contributed by atoms with Crippen molar-refractivity contribution in [3.63, 3.8) is 0 Å². The fourth-order valence-electron chi connectivity index (χ4n) is 2.61. The van der Waals surface area contributed by atoms with Crippen molar-refractivity contribution in [2.45, 2.75) is 66.0 Å². The SMILES string of the molecule is CCCN(CC)C(C)CC(C)(NCC)C(=O)OCC. The number of nitrogens with zero attached hydrogens (tertiary/aromatic N) is 1. The molecule has 2 atom stereocenters. The van der Waals surface area contributed by atoms with E-state index >= 15 is 0 Å². The first-order chi connectivity index (χ1) is 8.95. The first-order valence-electron chi connectivity index (χ1n) is 7.61. The highest BCUT2D eigenvalue weighted by Gasteiger charge is 2.36. The molecule has 0 spiro atoms. The minimum absolute atomic E-state index is 0.142. The molecule has 0 fully saturated rings. The molecule has 0 heterocycles. The predicted octanol–water partition coefficient (Wildman–Crippen LogP) is 2.43. The second-order valence-electron chi connectivity index (χ2n) is 5.26. The minimum atomic E-state index is -0.592. The van der Waals surface area contributed by atoms with Gasteiger partial charge in [-0.1, -0.05) is 20.8 Å². The van der Waals surface area contributed by atoms with E-state index in [9.17, 15) is 4.79 Å². The summed E-state index contributed by atoms with van der Waals surface area (Å²) in [6.45, 7) is 15.6. The standard InChI is InChI=1S/C15H32N2O2/c1-7-11-17(9-3)13(5)12-15(6,16-8-2)14(18)19-10-4/h13,16H,7-12H2,1-6H3. The number of nitrogens with one attached hydrogen (secondary N) is 1. The van der Waals surface area contributed by atoms with Crippen LogP contribution in [0.25, 0.3) is 0 Å². The Hall–Kier alpha value is -0.610. The Morgan fingerprint density at radius 1 is 1.32 bits per heavy atom. The fraction of sp³-hybridized carbons (Fsp3) is 0.933. The van der Waals surface area contributed by atoms with E-state index in [4.69, 9.17) is 4.74 Å². The molecular weight excluding hydrogens is 240 g/mol. The number of ether oxygens (including phenoxy) is 1. The van der Waals surface area contributed by atoms with E-state index < -0.39 is 5.54 Å². The number of hydrogen-bond acceptors (Lipinski definition) is 4. The number of likely N-dealkylation sites (N-methyl/N-ethyl adjacent to an activating group) is 1. The van der Waals surface area contributed by atoms with E-state index in [1.165, 1.54) is 0 Å². The van der Waals surface area contributed by atoms with Crippen LogP contribution in [-0.2, 0) is 9.53 Å². The average molecular weight is 272 g/mol. The number of esters is 1. The van der Waals surface area contributed by atoms with Crippen LogP contribution in [-0.4, -0.2) is 48.7 Å². The molecule has 2 unspecified atom stereocenters. The molecule has 0 saturated carbocycles. The van der Waals surface area contributed by atoms with Gasteiger partial charge in [-0.05, 0) is 53.2 Å². The topological polar surface area (TPSA) is 41.6 Å². The van der Waals surface area contributed by atoms with Gasteiger partial charge in [-0.3, -0.25) is 4.79 Å². The molecular formula is C15H32N2O2. The van der Waals surface area contributed by atoms with Gasteiger partial charge in [0.1, 0.15) is 5.54 Å². The van der Waals surface area contributed by atoms with Crippen LogP contribution < -0.4 is 5.32 Å². The third-order valence-corrected chi connectivity index (χ3v) is 3.54. The monoisotopic (exact) mass is 272 g/mol. The lowest BCUT2D eigenvalue weighted by atomic mass is 9.92. The van der Waals surface area contributed by atoms with Gasteiger partial charge in [-0.25, -0.2) is 0 Å². The van der Waals surface area contributed by atoms with Gasteiger partial charge < -0.3 is 15.0 Å². The van der Waals surface area contributed by atoms with Crippen molar-refractivity contribution in [3.05, 3.63) is 0 Å². The lowest BCUT2D eigenvalue weighted by molar-refractivity contribution is -0.151. The van der Waals surface area contributed by atoms with Gasteiger partial charge in [0, 0.05) is 6.04 Å². The average Bonchev–Trinajstić information content (AvgIpc) is 2.36. The van der Waals surface area contributed by atoms with E-state index in [0.717, 1.165) is 32.5 Å². The van der Waals surface area contributed by atoms with Crippen LogP contribution in [0.3, 0.4) is 0 Å². The molecule has 4 heteroatoms. The summed E-state index contributed by atoms with van der Waals surface area (Å²) < 4.78 is 5.21. The molecule has 0 amide bonds.